The Kier molecular flexibility index (Phi) is 6.06. The molecule has 1 aromatic heterocycles. The number of methoxy groups -OCH3 is 3. The predicted molar refractivity (Wildman–Crippen MR) is 113 cm³/mol. The van der Waals surface area contributed by atoms with E-state index >= 15 is 0 Å². The fourth-order valence-corrected chi connectivity index (χ4v) is 4.19. The number of hydrazone groups is 1. The van der Waals surface area contributed by atoms with Crippen molar-refractivity contribution in [1.82, 2.24) is 5.43 Å². The lowest BCUT2D eigenvalue weighted by atomic mass is 10.2. The fourth-order valence-electron chi connectivity index (χ4n) is 2.68. The Bertz CT molecular complexity index is 1060. The van der Waals surface area contributed by atoms with Gasteiger partial charge in [-0.3, -0.25) is 4.79 Å². The van der Waals surface area contributed by atoms with Gasteiger partial charge >= 0.3 is 0 Å². The van der Waals surface area contributed by atoms with Crippen LogP contribution in [0.3, 0.4) is 0 Å². The molecule has 0 unspecified atom stereocenters. The van der Waals surface area contributed by atoms with E-state index in [4.69, 9.17) is 25.8 Å². The number of nitrogens with zero attached hydrogens (tertiary/aromatic N) is 1. The Labute approximate surface area is 171 Å². The number of aryl methyl sites for hydroxylation is 1. The molecule has 3 aromatic rings. The molecule has 0 fully saturated rings. The number of hydrogen-bond acceptors (Lipinski definition) is 6. The highest BCUT2D eigenvalue weighted by atomic mass is 35.5. The van der Waals surface area contributed by atoms with E-state index in [2.05, 4.69) is 10.5 Å². The van der Waals surface area contributed by atoms with Crippen LogP contribution in [-0.2, 0) is 0 Å². The molecule has 28 heavy (non-hydrogen) atoms. The van der Waals surface area contributed by atoms with E-state index in [0.29, 0.717) is 32.7 Å². The second kappa shape index (κ2) is 8.50. The van der Waals surface area contributed by atoms with Gasteiger partial charge in [-0.2, -0.15) is 5.10 Å². The van der Waals surface area contributed by atoms with Crippen molar-refractivity contribution in [1.29, 1.82) is 0 Å². The molecule has 1 heterocycles. The minimum atomic E-state index is -0.375. The van der Waals surface area contributed by atoms with Crippen LogP contribution < -0.4 is 19.6 Å². The summed E-state index contributed by atoms with van der Waals surface area (Å²) in [6, 6.07) is 9.28. The van der Waals surface area contributed by atoms with Gasteiger partial charge in [0.1, 0.15) is 10.6 Å². The molecule has 146 valence electrons. The highest BCUT2D eigenvalue weighted by Crippen LogP contribution is 2.36. The van der Waals surface area contributed by atoms with Crippen LogP contribution in [0.1, 0.15) is 20.8 Å². The lowest BCUT2D eigenvalue weighted by Gasteiger charge is -2.11. The number of fused-ring (bicyclic) bond motifs is 1. The third-order valence-electron chi connectivity index (χ3n) is 4.10. The predicted octanol–water partition coefficient (Wildman–Crippen LogP) is 4.65. The summed E-state index contributed by atoms with van der Waals surface area (Å²) >= 11 is 7.70. The number of benzene rings is 2. The lowest BCUT2D eigenvalue weighted by Crippen LogP contribution is -2.16. The molecule has 0 atom stereocenters. The molecule has 0 aliphatic rings. The molecule has 8 heteroatoms. The maximum atomic E-state index is 12.5. The van der Waals surface area contributed by atoms with Crippen LogP contribution >= 0.6 is 22.9 Å². The number of ether oxygens (including phenoxy) is 3. The zero-order chi connectivity index (χ0) is 20.3. The quantitative estimate of drug-likeness (QED) is 0.467. The summed E-state index contributed by atoms with van der Waals surface area (Å²) < 4.78 is 16.8. The third kappa shape index (κ3) is 3.90. The van der Waals surface area contributed by atoms with Gasteiger partial charge in [-0.25, -0.2) is 5.43 Å². The summed E-state index contributed by atoms with van der Waals surface area (Å²) in [6.07, 6.45) is 1.48. The van der Waals surface area contributed by atoms with Gasteiger partial charge in [-0.1, -0.05) is 23.7 Å². The van der Waals surface area contributed by atoms with Gasteiger partial charge in [0.05, 0.1) is 32.6 Å². The number of rotatable bonds is 6. The molecule has 0 saturated carbocycles. The average Bonchev–Trinajstić information content (AvgIpc) is 3.03. The molecule has 0 spiro atoms. The van der Waals surface area contributed by atoms with Gasteiger partial charge in [0.25, 0.3) is 5.91 Å². The molecule has 2 aromatic carbocycles. The molecule has 0 bridgehead atoms. The van der Waals surface area contributed by atoms with Crippen LogP contribution in [0.2, 0.25) is 5.02 Å². The summed E-state index contributed by atoms with van der Waals surface area (Å²) in [5, 5.41) is 5.32. The van der Waals surface area contributed by atoms with Crippen molar-refractivity contribution >= 4 is 45.1 Å². The van der Waals surface area contributed by atoms with Crippen molar-refractivity contribution < 1.29 is 19.0 Å². The Morgan fingerprint density at radius 3 is 2.43 bits per heavy atom. The first-order valence-corrected chi connectivity index (χ1v) is 9.50. The standard InChI is InChI=1S/C20H19ClN2O4S/c1-11-5-6-13-17(7-11)28-19(18(13)21)20(24)23-22-10-12-8-15(26-3)16(27-4)9-14(12)25-2/h5-10H,1-4H3,(H,23,24). The molecule has 0 aliphatic heterocycles. The van der Waals surface area contributed by atoms with Crippen molar-refractivity contribution in [2.24, 2.45) is 5.10 Å². The second-order valence-corrected chi connectivity index (χ2v) is 7.32. The molecule has 0 aliphatic carbocycles. The minimum absolute atomic E-state index is 0.375. The second-order valence-electron chi connectivity index (χ2n) is 5.89. The summed E-state index contributed by atoms with van der Waals surface area (Å²) in [7, 11) is 4.62. The Morgan fingerprint density at radius 1 is 1.07 bits per heavy atom. The molecule has 0 saturated heterocycles. The van der Waals surface area contributed by atoms with Gasteiger partial charge in [-0.15, -0.1) is 11.3 Å². The minimum Gasteiger partial charge on any atom is -0.496 e. The van der Waals surface area contributed by atoms with E-state index in [0.717, 1.165) is 15.6 Å². The molecule has 3 rings (SSSR count). The van der Waals surface area contributed by atoms with Gasteiger partial charge in [0.2, 0.25) is 0 Å². The zero-order valence-electron chi connectivity index (χ0n) is 15.8. The van der Waals surface area contributed by atoms with Crippen molar-refractivity contribution in [2.75, 3.05) is 21.3 Å². The highest BCUT2D eigenvalue weighted by Gasteiger charge is 2.17. The molecule has 1 N–H and O–H groups in total. The van der Waals surface area contributed by atoms with E-state index in [1.807, 2.05) is 25.1 Å². The van der Waals surface area contributed by atoms with Crippen molar-refractivity contribution in [3.8, 4) is 17.2 Å². The number of amides is 1. The van der Waals surface area contributed by atoms with Gasteiger partial charge < -0.3 is 14.2 Å². The van der Waals surface area contributed by atoms with Gasteiger partial charge in [0, 0.05) is 21.7 Å². The largest absolute Gasteiger partial charge is 0.496 e. The third-order valence-corrected chi connectivity index (χ3v) is 5.75. The van der Waals surface area contributed by atoms with E-state index in [-0.39, 0.29) is 5.91 Å². The maximum Gasteiger partial charge on any atom is 0.283 e. The number of carbonyl (C=O) groups excluding carboxylic acids is 1. The van der Waals surface area contributed by atoms with Crippen LogP contribution in [0.5, 0.6) is 17.2 Å². The maximum absolute atomic E-state index is 12.5. The van der Waals surface area contributed by atoms with E-state index in [1.165, 1.54) is 31.8 Å². The summed E-state index contributed by atoms with van der Waals surface area (Å²) in [4.78, 5) is 12.9. The Balaban J connectivity index is 1.83. The average molecular weight is 419 g/mol. The van der Waals surface area contributed by atoms with Crippen LogP contribution in [0.15, 0.2) is 35.4 Å². The van der Waals surface area contributed by atoms with Gasteiger partial charge in [-0.05, 0) is 24.6 Å². The van der Waals surface area contributed by atoms with E-state index in [9.17, 15) is 4.79 Å². The summed E-state index contributed by atoms with van der Waals surface area (Å²) in [6.45, 7) is 1.99. The van der Waals surface area contributed by atoms with Crippen molar-refractivity contribution in [3.05, 3.63) is 51.4 Å². The highest BCUT2D eigenvalue weighted by molar-refractivity contribution is 7.21. The normalized spacial score (nSPS) is 11.0. The van der Waals surface area contributed by atoms with E-state index < -0.39 is 0 Å². The molecule has 6 nitrogen and oxygen atoms in total. The summed E-state index contributed by atoms with van der Waals surface area (Å²) in [5.74, 6) is 1.22. The van der Waals surface area contributed by atoms with Crippen LogP contribution in [0, 0.1) is 6.92 Å². The van der Waals surface area contributed by atoms with Crippen LogP contribution in [0.4, 0.5) is 0 Å². The van der Waals surface area contributed by atoms with Crippen molar-refractivity contribution in [2.45, 2.75) is 6.92 Å². The lowest BCUT2D eigenvalue weighted by molar-refractivity contribution is 0.0959. The number of nitrogens with one attached hydrogen (secondary N) is 1. The first-order valence-electron chi connectivity index (χ1n) is 8.30. The summed E-state index contributed by atoms with van der Waals surface area (Å²) in [5.41, 5.74) is 4.24. The first kappa shape index (κ1) is 20.0. The van der Waals surface area contributed by atoms with E-state index in [1.54, 1.807) is 19.2 Å². The fraction of sp³-hybridized carbons (Fsp3) is 0.200. The SMILES string of the molecule is COc1cc(OC)c(OC)cc1C=NNC(=O)c1sc2cc(C)ccc2c1Cl. The number of hydrogen-bond donors (Lipinski definition) is 1. The smallest absolute Gasteiger partial charge is 0.283 e. The van der Waals surface area contributed by atoms with Gasteiger partial charge in [0.15, 0.2) is 11.5 Å². The van der Waals surface area contributed by atoms with Crippen LogP contribution in [-0.4, -0.2) is 33.5 Å². The van der Waals surface area contributed by atoms with Crippen LogP contribution in [0.25, 0.3) is 10.1 Å². The number of halogens is 1. The number of carbonyl (C=O) groups is 1. The molecule has 1 amide bonds. The Hall–Kier alpha value is -2.77. The Morgan fingerprint density at radius 2 is 1.75 bits per heavy atom. The molecular formula is C20H19ClN2O4S. The number of thiophene rings is 1. The molecular weight excluding hydrogens is 400 g/mol. The zero-order valence-corrected chi connectivity index (χ0v) is 17.4. The monoisotopic (exact) mass is 418 g/mol. The topological polar surface area (TPSA) is 69.2 Å². The first-order chi connectivity index (χ1) is 13.5. The van der Waals surface area contributed by atoms with Crippen molar-refractivity contribution in [3.63, 3.8) is 0 Å². The molecule has 0 radical (unpaired) electrons.